The number of nitrogens with zero attached hydrogens (tertiary/aromatic N) is 4. The van der Waals surface area contributed by atoms with E-state index in [1.165, 1.54) is 0 Å². The number of carbonyl (C=O) groups excluding carboxylic acids is 1. The van der Waals surface area contributed by atoms with E-state index >= 15 is 0 Å². The number of nitrogens with one attached hydrogen (secondary N) is 1. The van der Waals surface area contributed by atoms with Gasteiger partial charge in [0.05, 0.1) is 0 Å². The molecule has 1 amide bonds. The molecule has 1 spiro atoms. The molecule has 0 unspecified atom stereocenters. The third-order valence-corrected chi connectivity index (χ3v) is 6.46. The number of hydrogen-bond donors (Lipinski definition) is 1. The maximum absolute atomic E-state index is 13.0. The van der Waals surface area contributed by atoms with Gasteiger partial charge in [0, 0.05) is 38.6 Å². The largest absolute Gasteiger partial charge is 0.337 e. The van der Waals surface area contributed by atoms with Crippen molar-refractivity contribution in [1.82, 2.24) is 20.3 Å². The molecule has 0 radical (unpaired) electrons. The zero-order chi connectivity index (χ0) is 19.8. The first-order chi connectivity index (χ1) is 13.4. The highest BCUT2D eigenvalue weighted by Crippen LogP contribution is 2.44. The van der Waals surface area contributed by atoms with Crippen molar-refractivity contribution in [2.24, 2.45) is 11.3 Å². The molecule has 28 heavy (non-hydrogen) atoms. The summed E-state index contributed by atoms with van der Waals surface area (Å²) < 4.78 is 0. The van der Waals surface area contributed by atoms with Crippen molar-refractivity contribution in [1.29, 1.82) is 0 Å². The first-order valence-corrected chi connectivity index (χ1v) is 10.3. The van der Waals surface area contributed by atoms with Crippen LogP contribution in [0.3, 0.4) is 0 Å². The molecule has 1 N–H and O–H groups in total. The predicted molar refractivity (Wildman–Crippen MR) is 107 cm³/mol. The Labute approximate surface area is 167 Å². The van der Waals surface area contributed by atoms with Gasteiger partial charge in [-0.25, -0.2) is 9.97 Å². The van der Waals surface area contributed by atoms with Crippen LogP contribution >= 0.6 is 0 Å². The first-order valence-electron chi connectivity index (χ1n) is 10.3. The average molecular weight is 386 g/mol. The molecule has 2 aliphatic heterocycles. The molecule has 1 aliphatic carbocycles. The van der Waals surface area contributed by atoms with E-state index in [1.54, 1.807) is 12.4 Å². The van der Waals surface area contributed by atoms with E-state index in [-0.39, 0.29) is 11.5 Å². The second kappa shape index (κ2) is 7.35. The van der Waals surface area contributed by atoms with E-state index in [0.29, 0.717) is 30.1 Å². The molecule has 3 heterocycles. The van der Waals surface area contributed by atoms with Crippen molar-refractivity contribution in [3.8, 4) is 0 Å². The maximum atomic E-state index is 13.0. The van der Waals surface area contributed by atoms with Crippen molar-refractivity contribution >= 4 is 11.9 Å². The van der Waals surface area contributed by atoms with Gasteiger partial charge in [0.15, 0.2) is 0 Å². The monoisotopic (exact) mass is 385 g/mol. The lowest BCUT2D eigenvalue weighted by Crippen LogP contribution is -2.50. The van der Waals surface area contributed by atoms with Gasteiger partial charge in [0.25, 0.3) is 5.91 Å². The number of carbonyl (C=O) groups is 1. The van der Waals surface area contributed by atoms with E-state index in [2.05, 4.69) is 41.1 Å². The summed E-state index contributed by atoms with van der Waals surface area (Å²) in [6.45, 7) is 9.74. The van der Waals surface area contributed by atoms with Gasteiger partial charge >= 0.3 is 0 Å². The summed E-state index contributed by atoms with van der Waals surface area (Å²) in [7, 11) is 0. The average Bonchev–Trinajstić information content (AvgIpc) is 3.11. The highest BCUT2D eigenvalue weighted by Gasteiger charge is 2.43. The second-order valence-electron chi connectivity index (χ2n) is 9.30. The van der Waals surface area contributed by atoms with Gasteiger partial charge < -0.3 is 9.80 Å². The molecule has 7 heteroatoms. The minimum atomic E-state index is -0.313. The van der Waals surface area contributed by atoms with Crippen LogP contribution in [0.15, 0.2) is 30.2 Å². The number of hydroxylamine groups is 1. The molecule has 4 rings (SSSR count). The lowest BCUT2D eigenvalue weighted by molar-refractivity contribution is -0.130. The molecule has 152 valence electrons. The van der Waals surface area contributed by atoms with Crippen LogP contribution in [0, 0.1) is 11.3 Å². The molecular weight excluding hydrogens is 354 g/mol. The molecule has 1 aromatic rings. The van der Waals surface area contributed by atoms with Crippen LogP contribution in [0.5, 0.6) is 0 Å². The van der Waals surface area contributed by atoms with Gasteiger partial charge in [-0.1, -0.05) is 20.8 Å². The molecule has 3 aliphatic rings. The Hall–Kier alpha value is -2.15. The number of rotatable bonds is 2. The van der Waals surface area contributed by atoms with E-state index in [1.807, 2.05) is 17.0 Å². The summed E-state index contributed by atoms with van der Waals surface area (Å²) in [6, 6.07) is 1.81. The fraction of sp³-hybridized carbons (Fsp3) is 0.667. The Morgan fingerprint density at radius 1 is 1.14 bits per heavy atom. The van der Waals surface area contributed by atoms with E-state index in [0.717, 1.165) is 44.7 Å². The van der Waals surface area contributed by atoms with Crippen LogP contribution in [-0.4, -0.2) is 52.6 Å². The van der Waals surface area contributed by atoms with Gasteiger partial charge in [-0.15, -0.1) is 0 Å². The molecule has 0 atom stereocenters. The highest BCUT2D eigenvalue weighted by atomic mass is 16.7. The minimum absolute atomic E-state index is 0.0310. The van der Waals surface area contributed by atoms with Crippen LogP contribution in [0.4, 0.5) is 5.95 Å². The molecule has 2 fully saturated rings. The van der Waals surface area contributed by atoms with Gasteiger partial charge in [-0.3, -0.25) is 15.1 Å². The number of anilines is 1. The van der Waals surface area contributed by atoms with Crippen LogP contribution < -0.4 is 10.4 Å². The summed E-state index contributed by atoms with van der Waals surface area (Å²) in [5.74, 6) is 1.47. The third-order valence-electron chi connectivity index (χ3n) is 6.46. The van der Waals surface area contributed by atoms with E-state index in [9.17, 15) is 4.79 Å². The van der Waals surface area contributed by atoms with Gasteiger partial charge in [-0.2, -0.15) is 0 Å². The smallest absolute Gasteiger partial charge is 0.272 e. The van der Waals surface area contributed by atoms with Gasteiger partial charge in [0.2, 0.25) is 5.95 Å². The number of piperazine rings is 1. The summed E-state index contributed by atoms with van der Waals surface area (Å²) >= 11 is 0. The number of amides is 1. The van der Waals surface area contributed by atoms with Crippen molar-refractivity contribution in [2.75, 3.05) is 31.1 Å². The highest BCUT2D eigenvalue weighted by molar-refractivity contribution is 5.93. The lowest BCUT2D eigenvalue weighted by atomic mass is 9.68. The summed E-state index contributed by atoms with van der Waals surface area (Å²) in [5, 5.41) is 0. The molecule has 1 saturated heterocycles. The molecule has 7 nitrogen and oxygen atoms in total. The number of aromatic nitrogens is 2. The molecule has 1 saturated carbocycles. The Morgan fingerprint density at radius 2 is 1.79 bits per heavy atom. The zero-order valence-electron chi connectivity index (χ0n) is 17.1. The molecular formula is C21H31N5O2. The van der Waals surface area contributed by atoms with E-state index < -0.39 is 0 Å². The summed E-state index contributed by atoms with van der Waals surface area (Å²) in [6.07, 6.45) is 9.75. The predicted octanol–water partition coefficient (Wildman–Crippen LogP) is 2.52. The third kappa shape index (κ3) is 3.85. The van der Waals surface area contributed by atoms with Crippen LogP contribution in [-0.2, 0) is 9.63 Å². The van der Waals surface area contributed by atoms with Crippen LogP contribution in [0.2, 0.25) is 0 Å². The Kier molecular flexibility index (Phi) is 5.04. The van der Waals surface area contributed by atoms with Gasteiger partial charge in [-0.05, 0) is 49.2 Å². The van der Waals surface area contributed by atoms with E-state index in [4.69, 9.17) is 4.84 Å². The van der Waals surface area contributed by atoms with Crippen molar-refractivity contribution in [2.45, 2.75) is 52.1 Å². The first kappa shape index (κ1) is 19.2. The van der Waals surface area contributed by atoms with Gasteiger partial charge in [0.1, 0.15) is 11.3 Å². The topological polar surface area (TPSA) is 70.6 Å². The zero-order valence-corrected chi connectivity index (χ0v) is 17.1. The Balaban J connectivity index is 1.34. The summed E-state index contributed by atoms with van der Waals surface area (Å²) in [4.78, 5) is 31.5. The molecule has 0 aromatic carbocycles. The summed E-state index contributed by atoms with van der Waals surface area (Å²) in [5.41, 5.74) is 3.56. The number of hydrogen-bond acceptors (Lipinski definition) is 6. The maximum Gasteiger partial charge on any atom is 0.272 e. The van der Waals surface area contributed by atoms with Crippen molar-refractivity contribution < 1.29 is 9.63 Å². The normalized spacial score (nSPS) is 28.2. The van der Waals surface area contributed by atoms with Crippen LogP contribution in [0.25, 0.3) is 0 Å². The van der Waals surface area contributed by atoms with Crippen LogP contribution in [0.1, 0.15) is 46.5 Å². The quantitative estimate of drug-likeness (QED) is 0.844. The SMILES string of the molecule is CC(C)(C)C1CCC2(C=C(C(=O)N3CCN(c4ncccn4)CC3)NO2)CC1. The van der Waals surface area contributed by atoms with Crippen molar-refractivity contribution in [3.05, 3.63) is 30.2 Å². The van der Waals surface area contributed by atoms with Crippen molar-refractivity contribution in [3.63, 3.8) is 0 Å². The Morgan fingerprint density at radius 3 is 2.39 bits per heavy atom. The molecule has 1 aromatic heterocycles. The molecule has 0 bridgehead atoms. The Bertz CT molecular complexity index is 727. The standard InChI is InChI=1S/C21H31N5O2/c1-20(2,3)16-5-7-21(8-6-16)15-17(24-28-21)18(27)25-11-13-26(14-12-25)19-22-9-4-10-23-19/h4,9-10,15-16,24H,5-8,11-14H2,1-3H3. The lowest BCUT2D eigenvalue weighted by Gasteiger charge is -2.40. The fourth-order valence-electron chi connectivity index (χ4n) is 4.54. The fourth-order valence-corrected chi connectivity index (χ4v) is 4.54. The minimum Gasteiger partial charge on any atom is -0.337 e. The second-order valence-corrected chi connectivity index (χ2v) is 9.30.